The molecule has 0 saturated heterocycles. The Morgan fingerprint density at radius 2 is 1.42 bits per heavy atom. The molecule has 4 nitrogen and oxygen atoms in total. The molecule has 2 rings (SSSR count). The molecule has 0 heterocycles. The number of carbonyl (C=O) groups is 2. The highest BCUT2D eigenvalue weighted by molar-refractivity contribution is 6.14. The molecule has 0 atom stereocenters. The van der Waals surface area contributed by atoms with Crippen molar-refractivity contribution in [3.63, 3.8) is 0 Å². The normalized spacial score (nSPS) is 11.0. The zero-order valence-electron chi connectivity index (χ0n) is 13.0. The van der Waals surface area contributed by atoms with Crippen molar-refractivity contribution in [3.8, 4) is 0 Å². The molecule has 2 amide bonds. The molecule has 7 heteroatoms. The highest BCUT2D eigenvalue weighted by Crippen LogP contribution is 2.24. The first-order valence-electron chi connectivity index (χ1n) is 7.04. The van der Waals surface area contributed by atoms with E-state index >= 15 is 0 Å². The third-order valence-corrected chi connectivity index (χ3v) is 3.42. The van der Waals surface area contributed by atoms with E-state index in [0.29, 0.717) is 0 Å². The van der Waals surface area contributed by atoms with Gasteiger partial charge in [-0.15, -0.1) is 0 Å². The van der Waals surface area contributed by atoms with Gasteiger partial charge in [-0.3, -0.25) is 9.59 Å². The summed E-state index contributed by atoms with van der Waals surface area (Å²) in [7, 11) is 0. The van der Waals surface area contributed by atoms with Crippen LogP contribution in [-0.4, -0.2) is 11.8 Å². The summed E-state index contributed by atoms with van der Waals surface area (Å²) in [5, 5.41) is 4.46. The van der Waals surface area contributed by atoms with Crippen molar-refractivity contribution < 1.29 is 22.8 Å². The largest absolute Gasteiger partial charge is 0.325 e. The lowest BCUT2D eigenvalue weighted by atomic mass is 9.90. The van der Waals surface area contributed by atoms with Crippen LogP contribution in [0, 0.1) is 22.9 Å². The van der Waals surface area contributed by atoms with Crippen molar-refractivity contribution in [1.82, 2.24) is 0 Å². The van der Waals surface area contributed by atoms with Gasteiger partial charge < -0.3 is 10.6 Å². The van der Waals surface area contributed by atoms with Crippen molar-refractivity contribution >= 4 is 23.2 Å². The first kappa shape index (κ1) is 17.5. The van der Waals surface area contributed by atoms with E-state index in [1.807, 2.05) is 0 Å². The average Bonchev–Trinajstić information content (AvgIpc) is 2.50. The quantitative estimate of drug-likeness (QED) is 0.836. The molecule has 0 saturated carbocycles. The van der Waals surface area contributed by atoms with Crippen molar-refractivity contribution in [1.29, 1.82) is 0 Å². The van der Waals surface area contributed by atoms with Crippen molar-refractivity contribution in [2.75, 3.05) is 10.6 Å². The lowest BCUT2D eigenvalue weighted by Gasteiger charge is -2.23. The maximum atomic E-state index is 13.6. The summed E-state index contributed by atoms with van der Waals surface area (Å²) < 4.78 is 40.3. The highest BCUT2D eigenvalue weighted by atomic mass is 19.1. The molecule has 0 aliphatic rings. The second-order valence-electron chi connectivity index (χ2n) is 5.64. The van der Waals surface area contributed by atoms with Crippen LogP contribution in [0.4, 0.5) is 24.5 Å². The van der Waals surface area contributed by atoms with Crippen LogP contribution in [0.25, 0.3) is 0 Å². The van der Waals surface area contributed by atoms with Crippen LogP contribution in [-0.2, 0) is 9.59 Å². The Morgan fingerprint density at radius 1 is 0.875 bits per heavy atom. The topological polar surface area (TPSA) is 58.2 Å². The molecule has 0 aromatic heterocycles. The summed E-state index contributed by atoms with van der Waals surface area (Å²) in [5.74, 6) is -4.11. The molecule has 0 spiro atoms. The number of nitrogens with one attached hydrogen (secondary N) is 2. The van der Waals surface area contributed by atoms with E-state index in [1.165, 1.54) is 32.0 Å². The Kier molecular flexibility index (Phi) is 4.92. The lowest BCUT2D eigenvalue weighted by molar-refractivity contribution is -0.135. The third-order valence-electron chi connectivity index (χ3n) is 3.42. The predicted molar refractivity (Wildman–Crippen MR) is 83.8 cm³/mol. The minimum Gasteiger partial charge on any atom is -0.325 e. The summed E-state index contributed by atoms with van der Waals surface area (Å²) >= 11 is 0. The Balaban J connectivity index is 2.16. The fourth-order valence-electron chi connectivity index (χ4n) is 1.84. The van der Waals surface area contributed by atoms with E-state index in [0.717, 1.165) is 24.3 Å². The van der Waals surface area contributed by atoms with Gasteiger partial charge in [0.05, 0.1) is 0 Å². The van der Waals surface area contributed by atoms with E-state index in [-0.39, 0.29) is 5.69 Å². The third kappa shape index (κ3) is 3.73. The van der Waals surface area contributed by atoms with Crippen LogP contribution >= 0.6 is 0 Å². The van der Waals surface area contributed by atoms with Gasteiger partial charge in [-0.25, -0.2) is 13.2 Å². The molecule has 24 heavy (non-hydrogen) atoms. The van der Waals surface area contributed by atoms with Crippen molar-refractivity contribution in [2.24, 2.45) is 5.41 Å². The average molecular weight is 336 g/mol. The van der Waals surface area contributed by atoms with Crippen LogP contribution < -0.4 is 10.6 Å². The minimum absolute atomic E-state index is 0.165. The summed E-state index contributed by atoms with van der Waals surface area (Å²) in [6.07, 6.45) is 0. The molecule has 0 aliphatic heterocycles. The first-order chi connectivity index (χ1) is 11.2. The van der Waals surface area contributed by atoms with Gasteiger partial charge in [-0.2, -0.15) is 0 Å². The summed E-state index contributed by atoms with van der Waals surface area (Å²) in [6, 6.07) is 8.26. The summed E-state index contributed by atoms with van der Waals surface area (Å²) in [4.78, 5) is 24.5. The summed E-state index contributed by atoms with van der Waals surface area (Å²) in [5.41, 5.74) is -2.12. The maximum Gasteiger partial charge on any atom is 0.239 e. The molecule has 0 radical (unpaired) electrons. The summed E-state index contributed by atoms with van der Waals surface area (Å²) in [6.45, 7) is 2.57. The molecule has 2 aromatic carbocycles. The predicted octanol–water partition coefficient (Wildman–Crippen LogP) is 3.71. The second kappa shape index (κ2) is 6.74. The number of hydrogen-bond donors (Lipinski definition) is 2. The number of carbonyl (C=O) groups excluding carboxylic acids is 2. The van der Waals surface area contributed by atoms with Gasteiger partial charge in [0.1, 0.15) is 28.6 Å². The fourth-order valence-corrected chi connectivity index (χ4v) is 1.84. The second-order valence-corrected chi connectivity index (χ2v) is 5.64. The first-order valence-corrected chi connectivity index (χ1v) is 7.04. The minimum atomic E-state index is -1.65. The molecule has 0 unspecified atom stereocenters. The van der Waals surface area contributed by atoms with E-state index < -0.39 is 40.4 Å². The van der Waals surface area contributed by atoms with Crippen LogP contribution in [0.1, 0.15) is 13.8 Å². The molecule has 2 aromatic rings. The van der Waals surface area contributed by atoms with Crippen molar-refractivity contribution in [3.05, 3.63) is 59.9 Å². The number of amides is 2. The zero-order valence-corrected chi connectivity index (χ0v) is 13.0. The van der Waals surface area contributed by atoms with Gasteiger partial charge in [0.2, 0.25) is 11.8 Å². The van der Waals surface area contributed by atoms with Gasteiger partial charge in [-0.05, 0) is 44.2 Å². The Hall–Kier alpha value is -2.83. The van der Waals surface area contributed by atoms with Crippen LogP contribution in [0.3, 0.4) is 0 Å². The smallest absolute Gasteiger partial charge is 0.239 e. The number of anilines is 2. The van der Waals surface area contributed by atoms with E-state index in [9.17, 15) is 22.8 Å². The number of halogens is 3. The Bertz CT molecular complexity index is 771. The number of para-hydroxylation sites is 1. The van der Waals surface area contributed by atoms with Crippen LogP contribution in [0.5, 0.6) is 0 Å². The van der Waals surface area contributed by atoms with Crippen LogP contribution in [0.15, 0.2) is 42.5 Å². The highest BCUT2D eigenvalue weighted by Gasteiger charge is 2.37. The molecule has 126 valence electrons. The number of benzene rings is 2. The zero-order chi connectivity index (χ0) is 17.9. The molecule has 2 N–H and O–H groups in total. The fraction of sp³-hybridized carbons (Fsp3) is 0.176. The monoisotopic (exact) mass is 336 g/mol. The van der Waals surface area contributed by atoms with Gasteiger partial charge in [0.15, 0.2) is 0 Å². The molecule has 0 fully saturated rings. The molecular weight excluding hydrogens is 321 g/mol. The van der Waals surface area contributed by atoms with Gasteiger partial charge in [0, 0.05) is 5.69 Å². The van der Waals surface area contributed by atoms with E-state index in [4.69, 9.17) is 0 Å². The van der Waals surface area contributed by atoms with Gasteiger partial charge in [-0.1, -0.05) is 12.1 Å². The van der Waals surface area contributed by atoms with Gasteiger partial charge >= 0.3 is 0 Å². The molecule has 0 bridgehead atoms. The Labute approximate surface area is 136 Å². The van der Waals surface area contributed by atoms with E-state index in [1.54, 1.807) is 0 Å². The van der Waals surface area contributed by atoms with E-state index in [2.05, 4.69) is 10.6 Å². The number of rotatable bonds is 4. The van der Waals surface area contributed by atoms with Crippen molar-refractivity contribution in [2.45, 2.75) is 13.8 Å². The molecular formula is C17H15F3N2O2. The van der Waals surface area contributed by atoms with Crippen LogP contribution in [0.2, 0.25) is 0 Å². The number of hydrogen-bond acceptors (Lipinski definition) is 2. The lowest BCUT2D eigenvalue weighted by Crippen LogP contribution is -2.42. The SMILES string of the molecule is CC(C)(C(=O)Nc1cccc(F)c1)C(=O)Nc1c(F)cccc1F. The maximum absolute atomic E-state index is 13.6. The molecule has 0 aliphatic carbocycles. The Morgan fingerprint density at radius 3 is 2.00 bits per heavy atom. The standard InChI is InChI=1S/C17H15F3N2O2/c1-17(2,15(23)21-11-6-3-5-10(18)9-11)16(24)22-14-12(19)7-4-8-13(14)20/h3-9H,1-2H3,(H,21,23)(H,22,24). The van der Waals surface area contributed by atoms with Gasteiger partial charge in [0.25, 0.3) is 0 Å².